The molecule has 1 fully saturated rings. The highest BCUT2D eigenvalue weighted by molar-refractivity contribution is 14.1. The molecular formula is C21H22I2N2O5. The maximum Gasteiger partial charge on any atom is 0.347 e. The summed E-state index contributed by atoms with van der Waals surface area (Å²) in [5.74, 6) is -0.404. The first-order valence-corrected chi connectivity index (χ1v) is 11.5. The lowest BCUT2D eigenvalue weighted by atomic mass is 10.1. The van der Waals surface area contributed by atoms with E-state index in [-0.39, 0.29) is 11.7 Å². The van der Waals surface area contributed by atoms with Gasteiger partial charge in [-0.05, 0) is 83.3 Å². The van der Waals surface area contributed by atoms with Crippen molar-refractivity contribution >= 4 is 62.7 Å². The number of para-hydroxylation sites is 2. The van der Waals surface area contributed by atoms with Gasteiger partial charge >= 0.3 is 5.97 Å². The van der Waals surface area contributed by atoms with Gasteiger partial charge in [0.1, 0.15) is 11.5 Å². The predicted molar refractivity (Wildman–Crippen MR) is 130 cm³/mol. The Labute approximate surface area is 202 Å². The van der Waals surface area contributed by atoms with Gasteiger partial charge in [-0.3, -0.25) is 4.79 Å². The van der Waals surface area contributed by atoms with Gasteiger partial charge in [0.15, 0.2) is 5.60 Å². The smallest absolute Gasteiger partial charge is 0.347 e. The van der Waals surface area contributed by atoms with E-state index >= 15 is 0 Å². The number of phenols is 1. The number of benzene rings is 2. The molecule has 1 aliphatic rings. The standard InChI is InChI=1S/C21H22I2N2O5/c1-21(2,20(28)29)30-17-6-4-3-5-16(17)24-7-9-25(10-8-24)19(27)13-11-14(22)18(26)15(23)12-13/h3-6,11-12,26H,7-10H2,1-2H3,(H,28,29). The second kappa shape index (κ2) is 9.16. The summed E-state index contributed by atoms with van der Waals surface area (Å²) < 4.78 is 7.08. The largest absolute Gasteiger partial charge is 0.506 e. The van der Waals surface area contributed by atoms with Crippen LogP contribution in [0.25, 0.3) is 0 Å². The number of carbonyl (C=O) groups excluding carboxylic acids is 1. The van der Waals surface area contributed by atoms with Crippen LogP contribution < -0.4 is 9.64 Å². The lowest BCUT2D eigenvalue weighted by Crippen LogP contribution is -2.49. The Morgan fingerprint density at radius 3 is 2.17 bits per heavy atom. The third-order valence-electron chi connectivity index (χ3n) is 4.92. The minimum absolute atomic E-state index is 0.0676. The summed E-state index contributed by atoms with van der Waals surface area (Å²) >= 11 is 4.04. The molecule has 0 aliphatic carbocycles. The van der Waals surface area contributed by atoms with Crippen LogP contribution in [0.3, 0.4) is 0 Å². The average Bonchev–Trinajstić information content (AvgIpc) is 2.71. The van der Waals surface area contributed by atoms with Gasteiger partial charge in [0.2, 0.25) is 0 Å². The third kappa shape index (κ3) is 4.93. The zero-order chi connectivity index (χ0) is 22.1. The van der Waals surface area contributed by atoms with E-state index in [9.17, 15) is 19.8 Å². The van der Waals surface area contributed by atoms with Crippen LogP contribution >= 0.6 is 45.2 Å². The van der Waals surface area contributed by atoms with Gasteiger partial charge < -0.3 is 24.7 Å². The molecule has 1 aliphatic heterocycles. The number of piperazine rings is 1. The molecule has 30 heavy (non-hydrogen) atoms. The lowest BCUT2D eigenvalue weighted by Gasteiger charge is -2.37. The molecule has 0 radical (unpaired) electrons. The number of aromatic hydroxyl groups is 1. The summed E-state index contributed by atoms with van der Waals surface area (Å²) in [6, 6.07) is 10.7. The number of amides is 1. The maximum atomic E-state index is 12.9. The fourth-order valence-corrected chi connectivity index (χ4v) is 4.91. The van der Waals surface area contributed by atoms with Gasteiger partial charge in [-0.25, -0.2) is 4.79 Å². The number of nitrogens with zero attached hydrogens (tertiary/aromatic N) is 2. The molecule has 2 aromatic rings. The topological polar surface area (TPSA) is 90.3 Å². The normalized spacial score (nSPS) is 14.5. The van der Waals surface area contributed by atoms with Crippen molar-refractivity contribution in [3.05, 3.63) is 49.1 Å². The number of rotatable bonds is 5. The number of halogens is 2. The maximum absolute atomic E-state index is 12.9. The van der Waals surface area contributed by atoms with E-state index in [4.69, 9.17) is 4.74 Å². The molecule has 0 unspecified atom stereocenters. The van der Waals surface area contributed by atoms with E-state index in [0.29, 0.717) is 44.6 Å². The summed E-state index contributed by atoms with van der Waals surface area (Å²) in [6.45, 7) is 5.30. The van der Waals surface area contributed by atoms with Crippen LogP contribution in [-0.2, 0) is 4.79 Å². The molecule has 0 atom stereocenters. The number of hydrogen-bond donors (Lipinski definition) is 2. The van der Waals surface area contributed by atoms with Gasteiger partial charge in [0.25, 0.3) is 5.91 Å². The van der Waals surface area contributed by atoms with E-state index in [2.05, 4.69) is 4.90 Å². The van der Waals surface area contributed by atoms with E-state index in [1.54, 1.807) is 23.1 Å². The van der Waals surface area contributed by atoms with Crippen molar-refractivity contribution in [1.82, 2.24) is 4.90 Å². The molecule has 1 heterocycles. The Morgan fingerprint density at radius 2 is 1.60 bits per heavy atom. The molecule has 0 aromatic heterocycles. The fourth-order valence-electron chi connectivity index (χ4n) is 3.15. The van der Waals surface area contributed by atoms with Crippen LogP contribution in [0.1, 0.15) is 24.2 Å². The van der Waals surface area contributed by atoms with Crippen molar-refractivity contribution in [1.29, 1.82) is 0 Å². The number of anilines is 1. The van der Waals surface area contributed by atoms with Gasteiger partial charge in [-0.15, -0.1) is 0 Å². The fraction of sp³-hybridized carbons (Fsp3) is 0.333. The van der Waals surface area contributed by atoms with E-state index < -0.39 is 11.6 Å². The van der Waals surface area contributed by atoms with Crippen LogP contribution in [0.4, 0.5) is 5.69 Å². The van der Waals surface area contributed by atoms with E-state index in [1.165, 1.54) is 13.8 Å². The molecule has 2 N–H and O–H groups in total. The summed E-state index contributed by atoms with van der Waals surface area (Å²) in [5.41, 5.74) is 0.0239. The van der Waals surface area contributed by atoms with Crippen molar-refractivity contribution in [3.8, 4) is 11.5 Å². The van der Waals surface area contributed by atoms with Crippen LogP contribution in [-0.4, -0.2) is 58.8 Å². The number of carboxylic acids is 1. The highest BCUT2D eigenvalue weighted by atomic mass is 127. The second-order valence-corrected chi connectivity index (χ2v) is 9.78. The molecular weight excluding hydrogens is 614 g/mol. The van der Waals surface area contributed by atoms with Crippen LogP contribution in [0.15, 0.2) is 36.4 Å². The number of ether oxygens (including phenoxy) is 1. The van der Waals surface area contributed by atoms with Crippen LogP contribution in [0, 0.1) is 7.14 Å². The molecule has 2 aromatic carbocycles. The highest BCUT2D eigenvalue weighted by Gasteiger charge is 2.31. The second-order valence-electron chi connectivity index (χ2n) is 7.45. The number of carbonyl (C=O) groups is 2. The summed E-state index contributed by atoms with van der Waals surface area (Å²) in [4.78, 5) is 28.2. The molecule has 160 valence electrons. The van der Waals surface area contributed by atoms with Crippen LogP contribution in [0.5, 0.6) is 11.5 Å². The van der Waals surface area contributed by atoms with Gasteiger partial charge in [0, 0.05) is 31.7 Å². The minimum Gasteiger partial charge on any atom is -0.506 e. The Kier molecular flexibility index (Phi) is 7.00. The van der Waals surface area contributed by atoms with Crippen molar-refractivity contribution < 1.29 is 24.5 Å². The number of phenolic OH excluding ortho intramolecular Hbond substituents is 1. The Bertz CT molecular complexity index is 949. The van der Waals surface area contributed by atoms with Gasteiger partial charge in [-0.1, -0.05) is 12.1 Å². The van der Waals surface area contributed by atoms with Crippen molar-refractivity contribution in [2.45, 2.75) is 19.4 Å². The van der Waals surface area contributed by atoms with E-state index in [0.717, 1.165) is 5.69 Å². The van der Waals surface area contributed by atoms with E-state index in [1.807, 2.05) is 63.4 Å². The molecule has 3 rings (SSSR count). The number of carboxylic acid groups (broad SMARTS) is 1. The molecule has 0 saturated carbocycles. The SMILES string of the molecule is CC(C)(Oc1ccccc1N1CCN(C(=O)c2cc(I)c(O)c(I)c2)CC1)C(=O)O. The predicted octanol–water partition coefficient (Wildman–Crippen LogP) is 3.81. The van der Waals surface area contributed by atoms with Crippen LogP contribution in [0.2, 0.25) is 0 Å². The lowest BCUT2D eigenvalue weighted by molar-refractivity contribution is -0.152. The summed E-state index contributed by atoms with van der Waals surface area (Å²) in [5, 5.41) is 19.3. The molecule has 1 saturated heterocycles. The Hall–Kier alpha value is -1.76. The first-order valence-electron chi connectivity index (χ1n) is 9.34. The average molecular weight is 636 g/mol. The Balaban J connectivity index is 1.72. The molecule has 9 heteroatoms. The summed E-state index contributed by atoms with van der Waals surface area (Å²) in [7, 11) is 0. The molecule has 7 nitrogen and oxygen atoms in total. The van der Waals surface area contributed by atoms with Gasteiger partial charge in [0.05, 0.1) is 12.8 Å². The zero-order valence-corrected chi connectivity index (χ0v) is 20.9. The number of hydrogen-bond acceptors (Lipinski definition) is 5. The zero-order valence-electron chi connectivity index (χ0n) is 16.6. The van der Waals surface area contributed by atoms with Crippen molar-refractivity contribution in [3.63, 3.8) is 0 Å². The van der Waals surface area contributed by atoms with Crippen molar-refractivity contribution in [2.75, 3.05) is 31.1 Å². The van der Waals surface area contributed by atoms with Crippen molar-refractivity contribution in [2.24, 2.45) is 0 Å². The quantitative estimate of drug-likeness (QED) is 0.486. The summed E-state index contributed by atoms with van der Waals surface area (Å²) in [6.07, 6.45) is 0. The number of aliphatic carboxylic acids is 1. The first-order chi connectivity index (χ1) is 14.1. The monoisotopic (exact) mass is 636 g/mol. The first kappa shape index (κ1) is 22.9. The highest BCUT2D eigenvalue weighted by Crippen LogP contribution is 2.32. The Morgan fingerprint density at radius 1 is 1.03 bits per heavy atom. The molecule has 1 amide bonds. The molecule has 0 bridgehead atoms. The third-order valence-corrected chi connectivity index (χ3v) is 6.56. The molecule has 0 spiro atoms. The minimum atomic E-state index is -1.35. The van der Waals surface area contributed by atoms with Gasteiger partial charge in [-0.2, -0.15) is 0 Å².